The van der Waals surface area contributed by atoms with E-state index in [1.165, 1.54) is 17.4 Å². The number of nitrogens with one attached hydrogen (secondary N) is 2. The van der Waals surface area contributed by atoms with Gasteiger partial charge in [0.1, 0.15) is 0 Å². The lowest BCUT2D eigenvalue weighted by Gasteiger charge is -2.09. The van der Waals surface area contributed by atoms with Crippen molar-refractivity contribution in [3.63, 3.8) is 0 Å². The number of hydrogen-bond acceptors (Lipinski definition) is 3. The molecule has 1 aromatic carbocycles. The van der Waals surface area contributed by atoms with Gasteiger partial charge in [0.15, 0.2) is 0 Å². The molecule has 0 atom stereocenters. The van der Waals surface area contributed by atoms with Gasteiger partial charge in [-0.15, -0.1) is 11.3 Å². The van der Waals surface area contributed by atoms with Gasteiger partial charge < -0.3 is 10.6 Å². The van der Waals surface area contributed by atoms with E-state index >= 15 is 0 Å². The summed E-state index contributed by atoms with van der Waals surface area (Å²) in [4.78, 5) is 12.3. The van der Waals surface area contributed by atoms with Gasteiger partial charge in [0.2, 0.25) is 5.91 Å². The maximum absolute atomic E-state index is 11.0. The molecule has 19 heavy (non-hydrogen) atoms. The van der Waals surface area contributed by atoms with Crippen LogP contribution in [0.25, 0.3) is 0 Å². The van der Waals surface area contributed by atoms with Gasteiger partial charge in [-0.2, -0.15) is 0 Å². The monoisotopic (exact) mass is 294 g/mol. The van der Waals surface area contributed by atoms with Crippen molar-refractivity contribution in [3.8, 4) is 0 Å². The van der Waals surface area contributed by atoms with E-state index in [1.807, 2.05) is 12.1 Å². The minimum absolute atomic E-state index is 0.128. The van der Waals surface area contributed by atoms with E-state index in [-0.39, 0.29) is 5.91 Å². The van der Waals surface area contributed by atoms with Gasteiger partial charge in [-0.1, -0.05) is 11.6 Å². The average molecular weight is 295 g/mol. The van der Waals surface area contributed by atoms with E-state index < -0.39 is 0 Å². The van der Waals surface area contributed by atoms with Crippen LogP contribution >= 0.6 is 22.9 Å². The smallest absolute Gasteiger partial charge is 0.221 e. The second-order valence-corrected chi connectivity index (χ2v) is 5.66. The van der Waals surface area contributed by atoms with E-state index in [0.717, 1.165) is 12.2 Å². The van der Waals surface area contributed by atoms with Crippen LogP contribution in [0, 0.1) is 6.92 Å². The molecule has 1 heterocycles. The molecule has 0 aliphatic heterocycles. The van der Waals surface area contributed by atoms with E-state index in [1.54, 1.807) is 17.4 Å². The average Bonchev–Trinajstić information content (AvgIpc) is 2.75. The van der Waals surface area contributed by atoms with Crippen molar-refractivity contribution < 1.29 is 4.79 Å². The number of benzene rings is 1. The Balaban J connectivity index is 2.04. The quantitative estimate of drug-likeness (QED) is 0.883. The number of rotatable bonds is 4. The Kier molecular flexibility index (Phi) is 4.45. The second-order valence-electron chi connectivity index (χ2n) is 4.26. The topological polar surface area (TPSA) is 41.1 Å². The van der Waals surface area contributed by atoms with Crippen molar-refractivity contribution in [2.75, 3.05) is 10.6 Å². The van der Waals surface area contributed by atoms with Crippen LogP contribution in [-0.4, -0.2) is 5.91 Å². The number of carbonyl (C=O) groups excluding carboxylic acids is 1. The van der Waals surface area contributed by atoms with Gasteiger partial charge in [0.05, 0.1) is 10.7 Å². The largest absolute Gasteiger partial charge is 0.380 e. The summed E-state index contributed by atoms with van der Waals surface area (Å²) in [6.45, 7) is 4.34. The molecule has 0 bridgehead atoms. The van der Waals surface area contributed by atoms with Crippen molar-refractivity contribution in [3.05, 3.63) is 45.1 Å². The number of aryl methyl sites for hydroxylation is 1. The summed E-state index contributed by atoms with van der Waals surface area (Å²) < 4.78 is 0. The van der Waals surface area contributed by atoms with Crippen molar-refractivity contribution in [1.29, 1.82) is 0 Å². The van der Waals surface area contributed by atoms with Gasteiger partial charge in [-0.3, -0.25) is 4.79 Å². The molecule has 2 aromatic rings. The highest BCUT2D eigenvalue weighted by molar-refractivity contribution is 7.10. The number of carbonyl (C=O) groups is 1. The normalized spacial score (nSPS) is 10.3. The molecule has 100 valence electrons. The molecule has 0 fully saturated rings. The van der Waals surface area contributed by atoms with Gasteiger partial charge in [0.25, 0.3) is 0 Å². The minimum Gasteiger partial charge on any atom is -0.380 e. The fourth-order valence-corrected chi connectivity index (χ4v) is 2.76. The maximum atomic E-state index is 11.0. The van der Waals surface area contributed by atoms with Crippen molar-refractivity contribution >= 4 is 40.2 Å². The Morgan fingerprint density at radius 2 is 2.16 bits per heavy atom. The molecule has 5 heteroatoms. The van der Waals surface area contributed by atoms with Crippen molar-refractivity contribution in [1.82, 2.24) is 0 Å². The molecule has 0 spiro atoms. The molecule has 2 N–H and O–H groups in total. The van der Waals surface area contributed by atoms with Gasteiger partial charge >= 0.3 is 0 Å². The molecule has 1 amide bonds. The molecular weight excluding hydrogens is 280 g/mol. The van der Waals surface area contributed by atoms with E-state index in [2.05, 4.69) is 29.0 Å². The van der Waals surface area contributed by atoms with Crippen molar-refractivity contribution in [2.45, 2.75) is 20.4 Å². The molecule has 0 aliphatic carbocycles. The number of hydrogen-bond donors (Lipinski definition) is 2. The highest BCUT2D eigenvalue weighted by atomic mass is 35.5. The zero-order valence-corrected chi connectivity index (χ0v) is 12.4. The van der Waals surface area contributed by atoms with E-state index in [4.69, 9.17) is 11.6 Å². The maximum Gasteiger partial charge on any atom is 0.221 e. The lowest BCUT2D eigenvalue weighted by atomic mass is 10.2. The van der Waals surface area contributed by atoms with Crippen LogP contribution in [0.2, 0.25) is 5.02 Å². The number of halogens is 1. The summed E-state index contributed by atoms with van der Waals surface area (Å²) >= 11 is 7.85. The standard InChI is InChI=1S/C14H15ClN2OS/c1-9-5-6-19-14(9)8-16-11-3-4-13(12(15)7-11)17-10(2)18/h3-7,16H,8H2,1-2H3,(H,17,18). The Morgan fingerprint density at radius 3 is 2.74 bits per heavy atom. The first-order chi connectivity index (χ1) is 9.06. The second kappa shape index (κ2) is 6.08. The first-order valence-corrected chi connectivity index (χ1v) is 7.16. The van der Waals surface area contributed by atoms with Gasteiger partial charge in [-0.25, -0.2) is 0 Å². The molecule has 0 radical (unpaired) electrons. The molecular formula is C14H15ClN2OS. The number of anilines is 2. The summed E-state index contributed by atoms with van der Waals surface area (Å²) in [7, 11) is 0. The Labute approximate surface area is 121 Å². The first kappa shape index (κ1) is 13.9. The van der Waals surface area contributed by atoms with Crippen LogP contribution < -0.4 is 10.6 Å². The third-order valence-corrected chi connectivity index (χ3v) is 4.04. The van der Waals surface area contributed by atoms with Gasteiger partial charge in [-0.05, 0) is 42.1 Å². The zero-order chi connectivity index (χ0) is 13.8. The number of thiophene rings is 1. The van der Waals surface area contributed by atoms with Crippen LogP contribution in [0.1, 0.15) is 17.4 Å². The van der Waals surface area contributed by atoms with E-state index in [9.17, 15) is 4.79 Å². The zero-order valence-electron chi connectivity index (χ0n) is 10.8. The fraction of sp³-hybridized carbons (Fsp3) is 0.214. The summed E-state index contributed by atoms with van der Waals surface area (Å²) in [5.41, 5.74) is 2.86. The highest BCUT2D eigenvalue weighted by Crippen LogP contribution is 2.26. The SMILES string of the molecule is CC(=O)Nc1ccc(NCc2sccc2C)cc1Cl. The van der Waals surface area contributed by atoms with E-state index in [0.29, 0.717) is 10.7 Å². The molecule has 0 saturated carbocycles. The molecule has 0 aliphatic rings. The predicted molar refractivity (Wildman–Crippen MR) is 82.1 cm³/mol. The summed E-state index contributed by atoms with van der Waals surface area (Å²) in [5.74, 6) is -0.128. The first-order valence-electron chi connectivity index (χ1n) is 5.90. The van der Waals surface area contributed by atoms with Crippen LogP contribution in [-0.2, 0) is 11.3 Å². The Bertz CT molecular complexity index is 595. The molecule has 2 rings (SSSR count). The summed E-state index contributed by atoms with van der Waals surface area (Å²) in [6, 6.07) is 7.62. The third-order valence-electron chi connectivity index (χ3n) is 2.70. The lowest BCUT2D eigenvalue weighted by Crippen LogP contribution is -2.06. The number of amides is 1. The fourth-order valence-electron chi connectivity index (χ4n) is 1.68. The molecule has 1 aromatic heterocycles. The lowest BCUT2D eigenvalue weighted by molar-refractivity contribution is -0.114. The minimum atomic E-state index is -0.128. The Hall–Kier alpha value is -1.52. The van der Waals surface area contributed by atoms with Crippen molar-refractivity contribution in [2.24, 2.45) is 0 Å². The van der Waals surface area contributed by atoms with Gasteiger partial charge in [0, 0.05) is 24.0 Å². The third kappa shape index (κ3) is 3.72. The summed E-state index contributed by atoms with van der Waals surface area (Å²) in [5, 5.41) is 8.62. The van der Waals surface area contributed by atoms with Crippen LogP contribution in [0.5, 0.6) is 0 Å². The highest BCUT2D eigenvalue weighted by Gasteiger charge is 2.04. The molecule has 3 nitrogen and oxygen atoms in total. The Morgan fingerprint density at radius 1 is 1.37 bits per heavy atom. The predicted octanol–water partition coefficient (Wildman–Crippen LogP) is 4.28. The van der Waals surface area contributed by atoms with Crippen LogP contribution in [0.15, 0.2) is 29.6 Å². The molecule has 0 unspecified atom stereocenters. The van der Waals surface area contributed by atoms with Crippen LogP contribution in [0.4, 0.5) is 11.4 Å². The summed E-state index contributed by atoms with van der Waals surface area (Å²) in [6.07, 6.45) is 0. The van der Waals surface area contributed by atoms with Crippen LogP contribution in [0.3, 0.4) is 0 Å². The molecule has 0 saturated heterocycles.